The van der Waals surface area contributed by atoms with Gasteiger partial charge in [-0.05, 0) is 47.1 Å². The first kappa shape index (κ1) is 13.3. The Kier molecular flexibility index (Phi) is 4.08. The highest BCUT2D eigenvalue weighted by Crippen LogP contribution is 2.30. The molecule has 17 heavy (non-hydrogen) atoms. The van der Waals surface area contributed by atoms with E-state index in [1.54, 1.807) is 12.1 Å². The fourth-order valence-electron chi connectivity index (χ4n) is 1.38. The van der Waals surface area contributed by atoms with Crippen molar-refractivity contribution in [1.29, 1.82) is 0 Å². The van der Waals surface area contributed by atoms with Gasteiger partial charge in [0.15, 0.2) is 0 Å². The van der Waals surface area contributed by atoms with Crippen LogP contribution in [0, 0.1) is 6.92 Å². The van der Waals surface area contributed by atoms with Gasteiger partial charge in [0.2, 0.25) is 5.78 Å². The molecule has 0 fully saturated rings. The predicted molar refractivity (Wildman–Crippen MR) is 79.3 cm³/mol. The summed E-state index contributed by atoms with van der Waals surface area (Å²) in [7, 11) is 0. The van der Waals surface area contributed by atoms with Gasteiger partial charge in [0.25, 0.3) is 0 Å². The second kappa shape index (κ2) is 5.22. The van der Waals surface area contributed by atoms with Crippen LogP contribution in [-0.4, -0.2) is 5.78 Å². The number of ketones is 1. The van der Waals surface area contributed by atoms with E-state index in [4.69, 9.17) is 11.6 Å². The molecule has 2 rings (SSSR count). The molecule has 0 unspecified atom stereocenters. The first-order valence-electron chi connectivity index (χ1n) is 4.74. The van der Waals surface area contributed by atoms with Crippen molar-refractivity contribution in [2.24, 2.45) is 0 Å². The van der Waals surface area contributed by atoms with E-state index in [-0.39, 0.29) is 5.78 Å². The van der Waals surface area contributed by atoms with Crippen LogP contribution in [0.1, 0.15) is 20.1 Å². The molecule has 0 amide bonds. The number of hydrogen-bond acceptors (Lipinski definition) is 2. The Morgan fingerprint density at radius 2 is 2.00 bits per heavy atom. The van der Waals surface area contributed by atoms with Gasteiger partial charge >= 0.3 is 0 Å². The molecular formula is C12H7Br2ClOS. The van der Waals surface area contributed by atoms with Crippen molar-refractivity contribution in [2.75, 3.05) is 0 Å². The molecule has 1 aromatic heterocycles. The molecule has 0 aliphatic carbocycles. The number of rotatable bonds is 2. The molecule has 88 valence electrons. The average Bonchev–Trinajstić information content (AvgIpc) is 2.58. The van der Waals surface area contributed by atoms with Crippen molar-refractivity contribution >= 4 is 60.6 Å². The van der Waals surface area contributed by atoms with Crippen LogP contribution in [0.3, 0.4) is 0 Å². The zero-order valence-electron chi connectivity index (χ0n) is 8.76. The monoisotopic (exact) mass is 392 g/mol. The SMILES string of the molecule is Cc1sc(C(=O)c2ccc(Br)cc2Cl)cc1Br. The molecule has 1 heterocycles. The summed E-state index contributed by atoms with van der Waals surface area (Å²) in [5.41, 5.74) is 0.531. The lowest BCUT2D eigenvalue weighted by molar-refractivity contribution is 0.104. The fraction of sp³-hybridized carbons (Fsp3) is 0.0833. The van der Waals surface area contributed by atoms with E-state index in [0.717, 1.165) is 13.8 Å². The van der Waals surface area contributed by atoms with E-state index in [2.05, 4.69) is 31.9 Å². The number of carbonyl (C=O) groups is 1. The normalized spacial score (nSPS) is 10.6. The summed E-state index contributed by atoms with van der Waals surface area (Å²) in [5, 5.41) is 0.464. The van der Waals surface area contributed by atoms with Gasteiger partial charge in [0.1, 0.15) is 0 Å². The highest BCUT2D eigenvalue weighted by atomic mass is 79.9. The molecule has 2 aromatic rings. The zero-order chi connectivity index (χ0) is 12.6. The Morgan fingerprint density at radius 3 is 2.53 bits per heavy atom. The van der Waals surface area contributed by atoms with E-state index in [0.29, 0.717) is 15.5 Å². The van der Waals surface area contributed by atoms with Crippen LogP contribution in [0.4, 0.5) is 0 Å². The van der Waals surface area contributed by atoms with Crippen molar-refractivity contribution < 1.29 is 4.79 Å². The summed E-state index contributed by atoms with van der Waals surface area (Å²) in [6, 6.07) is 7.11. The molecule has 0 saturated carbocycles. The second-order valence-electron chi connectivity index (χ2n) is 3.47. The van der Waals surface area contributed by atoms with Crippen LogP contribution < -0.4 is 0 Å². The van der Waals surface area contributed by atoms with Crippen molar-refractivity contribution in [3.05, 3.63) is 53.6 Å². The van der Waals surface area contributed by atoms with Gasteiger partial charge in [-0.3, -0.25) is 4.79 Å². The fourth-order valence-corrected chi connectivity index (χ4v) is 3.63. The molecule has 0 bridgehead atoms. The maximum absolute atomic E-state index is 12.2. The zero-order valence-corrected chi connectivity index (χ0v) is 13.5. The number of thiophene rings is 1. The minimum Gasteiger partial charge on any atom is -0.288 e. The largest absolute Gasteiger partial charge is 0.288 e. The van der Waals surface area contributed by atoms with Gasteiger partial charge < -0.3 is 0 Å². The Morgan fingerprint density at radius 1 is 1.29 bits per heavy atom. The molecule has 5 heteroatoms. The van der Waals surface area contributed by atoms with Crippen LogP contribution in [0.5, 0.6) is 0 Å². The van der Waals surface area contributed by atoms with Crippen molar-refractivity contribution in [3.8, 4) is 0 Å². The van der Waals surface area contributed by atoms with E-state index in [9.17, 15) is 4.79 Å². The third-order valence-corrected chi connectivity index (χ3v) is 5.20. The van der Waals surface area contributed by atoms with E-state index in [1.807, 2.05) is 19.1 Å². The second-order valence-corrected chi connectivity index (χ2v) is 6.90. The molecule has 0 radical (unpaired) electrons. The smallest absolute Gasteiger partial charge is 0.204 e. The molecule has 1 aromatic carbocycles. The standard InChI is InChI=1S/C12H7Br2ClOS/c1-6-9(14)5-11(17-6)12(16)8-3-2-7(13)4-10(8)15/h2-5H,1H3. The molecule has 0 aliphatic heterocycles. The molecular weight excluding hydrogens is 387 g/mol. The third kappa shape index (κ3) is 2.81. The van der Waals surface area contributed by atoms with Crippen LogP contribution >= 0.6 is 54.8 Å². The third-order valence-electron chi connectivity index (χ3n) is 2.26. The molecule has 0 N–H and O–H groups in total. The summed E-state index contributed by atoms with van der Waals surface area (Å²) in [6.07, 6.45) is 0. The van der Waals surface area contributed by atoms with Crippen LogP contribution in [0.25, 0.3) is 0 Å². The number of halogens is 3. The van der Waals surface area contributed by atoms with Gasteiger partial charge in [-0.2, -0.15) is 0 Å². The Balaban J connectivity index is 2.43. The van der Waals surface area contributed by atoms with Gasteiger partial charge in [-0.1, -0.05) is 27.5 Å². The molecule has 0 atom stereocenters. The molecule has 0 aliphatic rings. The quantitative estimate of drug-likeness (QED) is 0.618. The summed E-state index contributed by atoms with van der Waals surface area (Å²) >= 11 is 14.2. The first-order chi connectivity index (χ1) is 7.99. The lowest BCUT2D eigenvalue weighted by Gasteiger charge is -2.01. The van der Waals surface area contributed by atoms with Gasteiger partial charge in [-0.25, -0.2) is 0 Å². The number of hydrogen-bond donors (Lipinski definition) is 0. The molecule has 0 spiro atoms. The van der Waals surface area contributed by atoms with Gasteiger partial charge in [0, 0.05) is 19.4 Å². The molecule has 0 saturated heterocycles. The van der Waals surface area contributed by atoms with Crippen molar-refractivity contribution in [1.82, 2.24) is 0 Å². The van der Waals surface area contributed by atoms with E-state index in [1.165, 1.54) is 11.3 Å². The van der Waals surface area contributed by atoms with E-state index >= 15 is 0 Å². The van der Waals surface area contributed by atoms with E-state index < -0.39 is 0 Å². The highest BCUT2D eigenvalue weighted by Gasteiger charge is 2.16. The first-order valence-corrected chi connectivity index (χ1v) is 7.53. The molecule has 1 nitrogen and oxygen atoms in total. The topological polar surface area (TPSA) is 17.1 Å². The number of aryl methyl sites for hydroxylation is 1. The summed E-state index contributed by atoms with van der Waals surface area (Å²) in [4.78, 5) is 14.0. The Labute approximate surface area is 125 Å². The summed E-state index contributed by atoms with van der Waals surface area (Å²) < 4.78 is 1.82. The van der Waals surface area contributed by atoms with Crippen LogP contribution in [0.15, 0.2) is 33.2 Å². The lowest BCUT2D eigenvalue weighted by Crippen LogP contribution is -1.99. The highest BCUT2D eigenvalue weighted by molar-refractivity contribution is 9.10. The van der Waals surface area contributed by atoms with Crippen LogP contribution in [-0.2, 0) is 0 Å². The van der Waals surface area contributed by atoms with Gasteiger partial charge in [-0.15, -0.1) is 11.3 Å². The van der Waals surface area contributed by atoms with Crippen molar-refractivity contribution in [3.63, 3.8) is 0 Å². The van der Waals surface area contributed by atoms with Crippen LogP contribution in [0.2, 0.25) is 5.02 Å². The average molecular weight is 395 g/mol. The summed E-state index contributed by atoms with van der Waals surface area (Å²) in [6.45, 7) is 1.97. The minimum atomic E-state index is -0.0405. The number of carbonyl (C=O) groups excluding carboxylic acids is 1. The van der Waals surface area contributed by atoms with Gasteiger partial charge in [0.05, 0.1) is 9.90 Å². The maximum atomic E-state index is 12.2. The number of benzene rings is 1. The Bertz CT molecular complexity index is 573. The summed E-state index contributed by atoms with van der Waals surface area (Å²) in [5.74, 6) is -0.0405. The minimum absolute atomic E-state index is 0.0405. The maximum Gasteiger partial charge on any atom is 0.204 e. The predicted octanol–water partition coefficient (Wildman–Crippen LogP) is 5.47. The lowest BCUT2D eigenvalue weighted by atomic mass is 10.1. The van der Waals surface area contributed by atoms with Crippen molar-refractivity contribution in [2.45, 2.75) is 6.92 Å². The Hall–Kier alpha value is -0.160.